The first-order valence-electron chi connectivity index (χ1n) is 16.8. The van der Waals surface area contributed by atoms with Gasteiger partial charge in [0, 0.05) is 50.3 Å². The van der Waals surface area contributed by atoms with Gasteiger partial charge >= 0.3 is 0 Å². The largest absolute Gasteiger partial charge is 0.305 e. The number of aromatic nitrogens is 3. The summed E-state index contributed by atoms with van der Waals surface area (Å²) in [6, 6.07) is 44.6. The Morgan fingerprint density at radius 2 is 1.18 bits per heavy atom. The summed E-state index contributed by atoms with van der Waals surface area (Å²) >= 11 is 0. The van der Waals surface area contributed by atoms with Crippen LogP contribution in [-0.4, -0.2) is 15.0 Å². The molecule has 0 aliphatic heterocycles. The molecule has 4 heteroatoms. The van der Waals surface area contributed by atoms with Crippen LogP contribution in [0.2, 0.25) is 0 Å². The number of fused-ring (bicyclic) bond motifs is 1. The fourth-order valence-corrected chi connectivity index (χ4v) is 5.91. The van der Waals surface area contributed by atoms with Crippen LogP contribution >= 0.6 is 0 Å². The zero-order valence-corrected chi connectivity index (χ0v) is 32.3. The van der Waals surface area contributed by atoms with Crippen LogP contribution in [0.1, 0.15) is 58.2 Å². The fourth-order valence-electron chi connectivity index (χ4n) is 5.91. The van der Waals surface area contributed by atoms with Gasteiger partial charge in [-0.3, -0.25) is 4.98 Å². The van der Waals surface area contributed by atoms with Gasteiger partial charge in [-0.15, -0.1) is 71.3 Å². The van der Waals surface area contributed by atoms with Crippen molar-refractivity contribution >= 4 is 10.8 Å². The average Bonchev–Trinajstić information content (AvgIpc) is 3.11. The van der Waals surface area contributed by atoms with E-state index in [0.717, 1.165) is 33.5 Å². The Hall–Kier alpha value is -4.76. The molecule has 1 radical (unpaired) electrons. The third-order valence-corrected chi connectivity index (χ3v) is 8.79. The summed E-state index contributed by atoms with van der Waals surface area (Å²) in [6.45, 7) is 15.5. The maximum absolute atomic E-state index is 4.66. The Bertz CT molecular complexity index is 2190. The van der Waals surface area contributed by atoms with E-state index in [2.05, 4.69) is 148 Å². The van der Waals surface area contributed by atoms with E-state index in [-0.39, 0.29) is 30.9 Å². The normalized spacial score (nSPS) is 11.3. The molecular weight excluding hydrogens is 787 g/mol. The third-order valence-electron chi connectivity index (χ3n) is 8.79. The predicted octanol–water partition coefficient (Wildman–Crippen LogP) is 11.9. The number of aryl methyl sites for hydroxylation is 1. The monoisotopic (exact) mass is 830 g/mol. The molecule has 0 bridgehead atoms. The molecule has 0 aliphatic carbocycles. The van der Waals surface area contributed by atoms with Gasteiger partial charge in [-0.2, -0.15) is 0 Å². The van der Waals surface area contributed by atoms with Gasteiger partial charge in [-0.05, 0) is 80.5 Å². The summed E-state index contributed by atoms with van der Waals surface area (Å²) in [7, 11) is 0. The van der Waals surface area contributed by atoms with Crippen LogP contribution in [0, 0.1) is 19.1 Å². The first kappa shape index (κ1) is 36.5. The molecule has 7 aromatic rings. The SMILES string of the molecule is CC(C)(C)c1ccc(-c2ccc(-c3cc[c-]c(-c4cc(C(C)(C)C)ccn4)c3)c3ccncc23)cc1.Cc1ccnc(-c2[c-]cccc2)c1.[Ir]. The van der Waals surface area contributed by atoms with Crippen molar-refractivity contribution in [3.05, 3.63) is 163 Å². The van der Waals surface area contributed by atoms with E-state index in [0.29, 0.717) is 0 Å². The van der Waals surface area contributed by atoms with Gasteiger partial charge in [0.1, 0.15) is 0 Å². The predicted molar refractivity (Wildman–Crippen MR) is 205 cm³/mol. The molecule has 0 fully saturated rings. The summed E-state index contributed by atoms with van der Waals surface area (Å²) in [5, 5.41) is 2.34. The van der Waals surface area contributed by atoms with Crippen LogP contribution in [0.4, 0.5) is 0 Å². The van der Waals surface area contributed by atoms with E-state index in [4.69, 9.17) is 0 Å². The molecule has 0 atom stereocenters. The Balaban J connectivity index is 0.000000291. The van der Waals surface area contributed by atoms with Gasteiger partial charge in [0.25, 0.3) is 0 Å². The maximum atomic E-state index is 4.66. The number of benzene rings is 4. The second-order valence-electron chi connectivity index (χ2n) is 14.6. The molecule has 0 unspecified atom stereocenters. The van der Waals surface area contributed by atoms with Crippen molar-refractivity contribution in [2.75, 3.05) is 0 Å². The summed E-state index contributed by atoms with van der Waals surface area (Å²) < 4.78 is 0. The van der Waals surface area contributed by atoms with Gasteiger partial charge in [-0.25, -0.2) is 0 Å². The summed E-state index contributed by atoms with van der Waals surface area (Å²) in [5.41, 5.74) is 12.8. The molecule has 4 aromatic carbocycles. The minimum absolute atomic E-state index is 0. The van der Waals surface area contributed by atoms with Gasteiger partial charge in [0.05, 0.1) is 0 Å². The summed E-state index contributed by atoms with van der Waals surface area (Å²) in [6.07, 6.45) is 7.58. The molecule has 253 valence electrons. The minimum Gasteiger partial charge on any atom is -0.305 e. The quantitative estimate of drug-likeness (QED) is 0.166. The van der Waals surface area contributed by atoms with Crippen LogP contribution in [-0.2, 0) is 30.9 Å². The van der Waals surface area contributed by atoms with Crippen LogP contribution in [0.15, 0.2) is 134 Å². The van der Waals surface area contributed by atoms with E-state index >= 15 is 0 Å². The van der Waals surface area contributed by atoms with E-state index < -0.39 is 0 Å². The van der Waals surface area contributed by atoms with Gasteiger partial charge < -0.3 is 9.97 Å². The van der Waals surface area contributed by atoms with Gasteiger partial charge in [-0.1, -0.05) is 95.6 Å². The van der Waals surface area contributed by atoms with Gasteiger partial charge in [0.2, 0.25) is 0 Å². The molecule has 0 amide bonds. The number of nitrogens with zero attached hydrogens (tertiary/aromatic N) is 3. The van der Waals surface area contributed by atoms with Crippen molar-refractivity contribution in [1.29, 1.82) is 0 Å². The van der Waals surface area contributed by atoms with Crippen LogP contribution in [0.3, 0.4) is 0 Å². The molecule has 3 nitrogen and oxygen atoms in total. The zero-order chi connectivity index (χ0) is 34.6. The van der Waals surface area contributed by atoms with E-state index in [1.807, 2.05) is 61.2 Å². The molecular formula is C46H43IrN3-2. The third kappa shape index (κ3) is 8.51. The first-order valence-corrected chi connectivity index (χ1v) is 16.8. The Kier molecular flexibility index (Phi) is 11.3. The second-order valence-corrected chi connectivity index (χ2v) is 14.6. The summed E-state index contributed by atoms with van der Waals surface area (Å²) in [5.74, 6) is 0. The smallest absolute Gasteiger partial charge is 0.0352 e. The molecule has 50 heavy (non-hydrogen) atoms. The van der Waals surface area contributed by atoms with Crippen molar-refractivity contribution in [2.45, 2.75) is 59.3 Å². The van der Waals surface area contributed by atoms with Crippen LogP contribution in [0.25, 0.3) is 55.5 Å². The van der Waals surface area contributed by atoms with Gasteiger partial charge in [0.15, 0.2) is 0 Å². The van der Waals surface area contributed by atoms with Crippen LogP contribution in [0.5, 0.6) is 0 Å². The van der Waals surface area contributed by atoms with Crippen molar-refractivity contribution in [3.8, 4) is 44.8 Å². The minimum atomic E-state index is 0. The fraction of sp³-hybridized carbons (Fsp3) is 0.196. The van der Waals surface area contributed by atoms with Crippen molar-refractivity contribution < 1.29 is 20.1 Å². The molecule has 7 rings (SSSR count). The molecule has 0 N–H and O–H groups in total. The number of hydrogen-bond donors (Lipinski definition) is 0. The van der Waals surface area contributed by atoms with Crippen molar-refractivity contribution in [1.82, 2.24) is 15.0 Å². The van der Waals surface area contributed by atoms with E-state index in [1.54, 1.807) is 0 Å². The van der Waals surface area contributed by atoms with Crippen LogP contribution < -0.4 is 0 Å². The Morgan fingerprint density at radius 1 is 0.520 bits per heavy atom. The zero-order valence-electron chi connectivity index (χ0n) is 29.9. The Morgan fingerprint density at radius 3 is 1.84 bits per heavy atom. The standard InChI is InChI=1S/C34H33N2.C12H10N.Ir/c1-33(2,3)26-12-10-23(11-13-26)28-14-15-29(30-17-18-35-22-31(28)30)24-8-7-9-25(20-24)32-21-27(16-19-36-32)34(4,5)6;1-10-7-8-13-12(9-10)11-5-3-2-4-6-11;/h7-8,10-22H,1-6H3;2-5,7-9H,1H3;/q2*-1;. The number of hydrogen-bond acceptors (Lipinski definition) is 3. The molecule has 0 saturated carbocycles. The number of pyridine rings is 3. The van der Waals surface area contributed by atoms with Crippen molar-refractivity contribution in [3.63, 3.8) is 0 Å². The van der Waals surface area contributed by atoms with Crippen molar-refractivity contribution in [2.24, 2.45) is 0 Å². The Labute approximate surface area is 311 Å². The topological polar surface area (TPSA) is 38.7 Å². The van der Waals surface area contributed by atoms with E-state index in [1.165, 1.54) is 38.8 Å². The molecule has 3 heterocycles. The average molecular weight is 830 g/mol. The maximum Gasteiger partial charge on any atom is 0.0352 e. The summed E-state index contributed by atoms with van der Waals surface area (Å²) in [4.78, 5) is 13.4. The molecule has 0 aliphatic rings. The molecule has 0 spiro atoms. The molecule has 0 saturated heterocycles. The first-order chi connectivity index (χ1) is 23.5. The molecule has 3 aromatic heterocycles. The second kappa shape index (κ2) is 15.4. The number of rotatable bonds is 4. The van der Waals surface area contributed by atoms with E-state index in [9.17, 15) is 0 Å².